The molecule has 2 N–H and O–H groups in total. The lowest BCUT2D eigenvalue weighted by molar-refractivity contribution is 0.0690. The van der Waals surface area contributed by atoms with Gasteiger partial charge in [-0.3, -0.25) is 0 Å². The predicted octanol–water partition coefficient (Wildman–Crippen LogP) is 1.58. The van der Waals surface area contributed by atoms with Gasteiger partial charge in [-0.1, -0.05) is 48.4 Å². The molecule has 9 heteroatoms. The van der Waals surface area contributed by atoms with E-state index in [4.69, 9.17) is 5.11 Å². The molecule has 134 valence electrons. The van der Waals surface area contributed by atoms with Crippen LogP contribution in [0.5, 0.6) is 0 Å². The minimum atomic E-state index is -3.51. The number of nitrogens with one attached hydrogen (secondary N) is 1. The molecule has 0 saturated heterocycles. The molecule has 25 heavy (non-hydrogen) atoms. The second kappa shape index (κ2) is 7.32. The van der Waals surface area contributed by atoms with E-state index >= 15 is 0 Å². The van der Waals surface area contributed by atoms with Crippen LogP contribution in [0, 0.1) is 0 Å². The van der Waals surface area contributed by atoms with Crippen molar-refractivity contribution in [3.05, 3.63) is 47.8 Å². The third kappa shape index (κ3) is 4.43. The summed E-state index contributed by atoms with van der Waals surface area (Å²) in [5.41, 5.74) is 0.577. The normalized spacial score (nSPS) is 21.1. The van der Waals surface area contributed by atoms with Gasteiger partial charge in [0.1, 0.15) is 0 Å². The molecule has 0 spiro atoms. The first-order valence-electron chi connectivity index (χ1n) is 8.14. The molecule has 0 radical (unpaired) electrons. The highest BCUT2D eigenvalue weighted by Crippen LogP contribution is 2.29. The van der Waals surface area contributed by atoms with Crippen molar-refractivity contribution in [2.24, 2.45) is 0 Å². The molecule has 1 aliphatic carbocycles. The zero-order valence-corrected chi connectivity index (χ0v) is 14.4. The van der Waals surface area contributed by atoms with Crippen LogP contribution >= 0.6 is 0 Å². The van der Waals surface area contributed by atoms with Gasteiger partial charge < -0.3 is 5.11 Å². The molecular weight excluding hydrogens is 344 g/mol. The van der Waals surface area contributed by atoms with Gasteiger partial charge in [-0.15, -0.1) is 5.10 Å². The molecule has 1 heterocycles. The SMILES string of the molecule is O=C(O)c1cn([C@@H]2CCCC[C@@H]2NS(=O)(=O)Cc2ccccc2)nn1. The lowest BCUT2D eigenvalue weighted by Gasteiger charge is -2.31. The average Bonchev–Trinajstić information content (AvgIpc) is 3.05. The standard InChI is InChI=1S/C16H20N4O4S/c21-16(22)14-10-20(19-17-14)15-9-5-4-8-13(15)18-25(23,24)11-12-6-2-1-3-7-12/h1-3,6-7,10,13,15,18H,4-5,8-9,11H2,(H,21,22)/t13-,15+/m0/s1. The van der Waals surface area contributed by atoms with E-state index in [9.17, 15) is 13.2 Å². The Balaban J connectivity index is 1.75. The molecule has 2 aromatic rings. The number of rotatable bonds is 6. The maximum Gasteiger partial charge on any atom is 0.358 e. The van der Waals surface area contributed by atoms with Crippen LogP contribution in [0.25, 0.3) is 0 Å². The quantitative estimate of drug-likeness (QED) is 0.804. The van der Waals surface area contributed by atoms with Crippen molar-refractivity contribution in [3.63, 3.8) is 0 Å². The third-order valence-corrected chi connectivity index (χ3v) is 5.70. The number of carbonyl (C=O) groups is 1. The number of carboxylic acid groups (broad SMARTS) is 1. The number of aromatic carboxylic acids is 1. The first-order valence-corrected chi connectivity index (χ1v) is 9.79. The summed E-state index contributed by atoms with van der Waals surface area (Å²) in [6.45, 7) is 0. The van der Waals surface area contributed by atoms with E-state index in [-0.39, 0.29) is 23.5 Å². The van der Waals surface area contributed by atoms with Gasteiger partial charge in [0.15, 0.2) is 5.69 Å². The molecule has 0 unspecified atom stereocenters. The molecule has 1 aromatic heterocycles. The molecule has 0 amide bonds. The van der Waals surface area contributed by atoms with Crippen molar-refractivity contribution in [1.82, 2.24) is 19.7 Å². The van der Waals surface area contributed by atoms with Crippen molar-refractivity contribution in [3.8, 4) is 0 Å². The van der Waals surface area contributed by atoms with Gasteiger partial charge >= 0.3 is 5.97 Å². The van der Waals surface area contributed by atoms with Crippen LogP contribution in [0.1, 0.15) is 47.8 Å². The maximum atomic E-state index is 12.5. The lowest BCUT2D eigenvalue weighted by Crippen LogP contribution is -2.43. The van der Waals surface area contributed by atoms with Crippen LogP contribution in [0.15, 0.2) is 36.5 Å². The van der Waals surface area contributed by atoms with Gasteiger partial charge in [-0.05, 0) is 18.4 Å². The zero-order valence-electron chi connectivity index (χ0n) is 13.6. The Morgan fingerprint density at radius 1 is 1.24 bits per heavy atom. The first kappa shape index (κ1) is 17.6. The van der Waals surface area contributed by atoms with Crippen molar-refractivity contribution in [2.75, 3.05) is 0 Å². The Kier molecular flexibility index (Phi) is 5.14. The third-order valence-electron chi connectivity index (χ3n) is 4.33. The highest BCUT2D eigenvalue weighted by Gasteiger charge is 2.31. The summed E-state index contributed by atoms with van der Waals surface area (Å²) in [7, 11) is -3.51. The van der Waals surface area contributed by atoms with E-state index in [0.717, 1.165) is 24.8 Å². The van der Waals surface area contributed by atoms with Gasteiger partial charge in [0.2, 0.25) is 10.0 Å². The highest BCUT2D eigenvalue weighted by atomic mass is 32.2. The number of nitrogens with zero attached hydrogens (tertiary/aromatic N) is 3. The Bertz CT molecular complexity index is 835. The molecule has 0 aliphatic heterocycles. The summed E-state index contributed by atoms with van der Waals surface area (Å²) < 4.78 is 29.3. The van der Waals surface area contributed by atoms with E-state index in [1.54, 1.807) is 24.3 Å². The molecule has 1 aromatic carbocycles. The smallest absolute Gasteiger partial charge is 0.358 e. The molecule has 1 saturated carbocycles. The minimum absolute atomic E-state index is 0.0885. The van der Waals surface area contributed by atoms with E-state index in [0.29, 0.717) is 6.42 Å². The maximum absolute atomic E-state index is 12.5. The van der Waals surface area contributed by atoms with Crippen molar-refractivity contribution >= 4 is 16.0 Å². The summed E-state index contributed by atoms with van der Waals surface area (Å²) in [5.74, 6) is -1.24. The Hall–Kier alpha value is -2.26. The first-order chi connectivity index (χ1) is 11.9. The fourth-order valence-corrected chi connectivity index (χ4v) is 4.62. The monoisotopic (exact) mass is 364 g/mol. The summed E-state index contributed by atoms with van der Waals surface area (Å²) in [5, 5.41) is 16.5. The predicted molar refractivity (Wildman–Crippen MR) is 90.5 cm³/mol. The summed E-state index contributed by atoms with van der Waals surface area (Å²) in [6, 6.07) is 8.42. The fourth-order valence-electron chi connectivity index (χ4n) is 3.17. The molecular formula is C16H20N4O4S. The van der Waals surface area contributed by atoms with Gasteiger partial charge in [-0.2, -0.15) is 0 Å². The summed E-state index contributed by atoms with van der Waals surface area (Å²) in [6.07, 6.45) is 4.61. The van der Waals surface area contributed by atoms with E-state index < -0.39 is 16.0 Å². The number of sulfonamides is 1. The highest BCUT2D eigenvalue weighted by molar-refractivity contribution is 7.88. The van der Waals surface area contributed by atoms with Crippen LogP contribution in [0.3, 0.4) is 0 Å². The molecule has 3 rings (SSSR count). The van der Waals surface area contributed by atoms with Gasteiger partial charge in [0.05, 0.1) is 18.0 Å². The number of hydrogen-bond acceptors (Lipinski definition) is 5. The summed E-state index contributed by atoms with van der Waals surface area (Å²) in [4.78, 5) is 11.0. The lowest BCUT2D eigenvalue weighted by atomic mass is 9.91. The molecule has 8 nitrogen and oxygen atoms in total. The van der Waals surface area contributed by atoms with Crippen molar-refractivity contribution in [1.29, 1.82) is 0 Å². The average molecular weight is 364 g/mol. The van der Waals surface area contributed by atoms with Crippen molar-refractivity contribution in [2.45, 2.75) is 43.5 Å². The molecule has 1 fully saturated rings. The van der Waals surface area contributed by atoms with Crippen molar-refractivity contribution < 1.29 is 18.3 Å². The number of carboxylic acids is 1. The Morgan fingerprint density at radius 2 is 1.96 bits per heavy atom. The number of aromatic nitrogens is 3. The molecule has 2 atom stereocenters. The van der Waals surface area contributed by atoms with Crippen LogP contribution < -0.4 is 4.72 Å². The van der Waals surface area contributed by atoms with Gasteiger partial charge in [0, 0.05) is 6.04 Å². The summed E-state index contributed by atoms with van der Waals surface area (Å²) >= 11 is 0. The largest absolute Gasteiger partial charge is 0.476 e. The van der Waals surface area contributed by atoms with Crippen LogP contribution in [-0.4, -0.2) is 40.5 Å². The van der Waals surface area contributed by atoms with Crippen LogP contribution in [0.2, 0.25) is 0 Å². The molecule has 0 bridgehead atoms. The molecule has 1 aliphatic rings. The second-order valence-electron chi connectivity index (χ2n) is 6.21. The van der Waals surface area contributed by atoms with Crippen LogP contribution in [-0.2, 0) is 15.8 Å². The van der Waals surface area contributed by atoms with E-state index in [1.807, 2.05) is 6.07 Å². The minimum Gasteiger partial charge on any atom is -0.476 e. The Labute approximate surface area is 145 Å². The second-order valence-corrected chi connectivity index (χ2v) is 7.96. The van der Waals surface area contributed by atoms with Gasteiger partial charge in [0.25, 0.3) is 0 Å². The number of benzene rings is 1. The van der Waals surface area contributed by atoms with Crippen LogP contribution in [0.4, 0.5) is 0 Å². The zero-order chi connectivity index (χ0) is 17.9. The van der Waals surface area contributed by atoms with Gasteiger partial charge in [-0.25, -0.2) is 22.6 Å². The topological polar surface area (TPSA) is 114 Å². The van der Waals surface area contributed by atoms with E-state index in [2.05, 4.69) is 15.0 Å². The Morgan fingerprint density at radius 3 is 2.64 bits per heavy atom. The fraction of sp³-hybridized carbons (Fsp3) is 0.438. The number of hydrogen-bond donors (Lipinski definition) is 2. The van der Waals surface area contributed by atoms with E-state index in [1.165, 1.54) is 10.9 Å².